The maximum Gasteiger partial charge on any atom is 0.220 e. The smallest absolute Gasteiger partial charge is 0.220 e. The number of amides is 1. The van der Waals surface area contributed by atoms with Crippen LogP contribution in [0.15, 0.2) is 0 Å². The highest BCUT2D eigenvalue weighted by molar-refractivity contribution is 7.98. The molecule has 0 spiro atoms. The monoisotopic (exact) mass is 221 g/mol. The summed E-state index contributed by atoms with van der Waals surface area (Å²) < 4.78 is 0. The lowest BCUT2D eigenvalue weighted by Crippen LogP contribution is -2.30. The van der Waals surface area contributed by atoms with Gasteiger partial charge in [-0.1, -0.05) is 0 Å². The third kappa shape index (κ3) is 4.77. The quantitative estimate of drug-likeness (QED) is 0.694. The van der Waals surface area contributed by atoms with Gasteiger partial charge in [0.15, 0.2) is 0 Å². The van der Waals surface area contributed by atoms with Crippen LogP contribution >= 0.6 is 23.4 Å². The molecule has 1 N–H and O–H groups in total. The van der Waals surface area contributed by atoms with Crippen LogP contribution in [0.5, 0.6) is 0 Å². The third-order valence-electron chi connectivity index (χ3n) is 2.16. The first-order valence-electron chi connectivity index (χ1n) is 4.63. The van der Waals surface area contributed by atoms with Gasteiger partial charge >= 0.3 is 0 Å². The van der Waals surface area contributed by atoms with Crippen LogP contribution in [0.3, 0.4) is 0 Å². The number of halogens is 1. The third-order valence-corrected chi connectivity index (χ3v) is 3.28. The first-order valence-corrected chi connectivity index (χ1v) is 6.46. The largest absolute Gasteiger partial charge is 0.355 e. The zero-order valence-electron chi connectivity index (χ0n) is 7.88. The lowest BCUT2D eigenvalue weighted by Gasteiger charge is -2.08. The predicted octanol–water partition coefficient (Wildman–Crippen LogP) is 1.87. The Kier molecular flexibility index (Phi) is 4.96. The van der Waals surface area contributed by atoms with Gasteiger partial charge in [-0.2, -0.15) is 11.8 Å². The van der Waals surface area contributed by atoms with Crippen molar-refractivity contribution in [1.29, 1.82) is 0 Å². The highest BCUT2D eigenvalue weighted by Crippen LogP contribution is 2.35. The van der Waals surface area contributed by atoms with Crippen LogP contribution in [0, 0.1) is 5.92 Å². The Morgan fingerprint density at radius 1 is 1.69 bits per heavy atom. The van der Waals surface area contributed by atoms with E-state index < -0.39 is 0 Å². The molecule has 0 radical (unpaired) electrons. The van der Waals surface area contributed by atoms with Crippen LogP contribution in [-0.4, -0.2) is 29.8 Å². The maximum atomic E-state index is 11.2. The Labute approximate surface area is 88.8 Å². The lowest BCUT2D eigenvalue weighted by molar-refractivity contribution is -0.120. The molecule has 1 saturated carbocycles. The van der Waals surface area contributed by atoms with Crippen LogP contribution in [0.4, 0.5) is 0 Å². The topological polar surface area (TPSA) is 29.1 Å². The second-order valence-corrected chi connectivity index (χ2v) is 4.95. The lowest BCUT2D eigenvalue weighted by atomic mass is 10.3. The van der Waals surface area contributed by atoms with Gasteiger partial charge in [0.2, 0.25) is 5.91 Å². The van der Waals surface area contributed by atoms with Crippen LogP contribution in [0.2, 0.25) is 0 Å². The standard InChI is InChI=1S/C9H16ClNOS/c1-13-5-4-9(12)11-6-8(10)7-2-3-7/h7-8H,2-6H2,1H3,(H,11,12). The molecule has 0 bridgehead atoms. The number of rotatable bonds is 6. The summed E-state index contributed by atoms with van der Waals surface area (Å²) in [6.07, 6.45) is 5.07. The van der Waals surface area contributed by atoms with E-state index in [1.807, 2.05) is 6.26 Å². The van der Waals surface area contributed by atoms with E-state index in [0.29, 0.717) is 18.9 Å². The van der Waals surface area contributed by atoms with Crippen molar-refractivity contribution in [2.45, 2.75) is 24.6 Å². The first kappa shape index (κ1) is 11.2. The zero-order chi connectivity index (χ0) is 9.68. The maximum absolute atomic E-state index is 11.2. The number of alkyl halides is 1. The molecule has 2 nitrogen and oxygen atoms in total. The first-order chi connectivity index (χ1) is 6.24. The van der Waals surface area contributed by atoms with E-state index in [1.54, 1.807) is 11.8 Å². The molecule has 0 aromatic rings. The molecule has 13 heavy (non-hydrogen) atoms. The van der Waals surface area contributed by atoms with Gasteiger partial charge in [0, 0.05) is 18.7 Å². The summed E-state index contributed by atoms with van der Waals surface area (Å²) in [6, 6.07) is 0. The van der Waals surface area contributed by atoms with E-state index in [4.69, 9.17) is 11.6 Å². The molecule has 1 aliphatic carbocycles. The van der Waals surface area contributed by atoms with Crippen molar-refractivity contribution < 1.29 is 4.79 Å². The molecule has 0 saturated heterocycles. The fourth-order valence-corrected chi connectivity index (χ4v) is 1.84. The molecule has 0 aliphatic heterocycles. The summed E-state index contributed by atoms with van der Waals surface area (Å²) in [4.78, 5) is 11.2. The van der Waals surface area contributed by atoms with Crippen LogP contribution in [0.1, 0.15) is 19.3 Å². The van der Waals surface area contributed by atoms with Crippen molar-refractivity contribution in [3.8, 4) is 0 Å². The molecule has 0 aromatic heterocycles. The molecule has 4 heteroatoms. The van der Waals surface area contributed by atoms with Crippen molar-refractivity contribution in [3.63, 3.8) is 0 Å². The van der Waals surface area contributed by atoms with Gasteiger partial charge in [-0.05, 0) is 25.0 Å². The SMILES string of the molecule is CSCCC(=O)NCC(Cl)C1CC1. The Balaban J connectivity index is 2.00. The van der Waals surface area contributed by atoms with Crippen molar-refractivity contribution in [2.75, 3.05) is 18.6 Å². The van der Waals surface area contributed by atoms with Gasteiger partial charge in [-0.15, -0.1) is 11.6 Å². The van der Waals surface area contributed by atoms with Crippen LogP contribution < -0.4 is 5.32 Å². The van der Waals surface area contributed by atoms with Gasteiger partial charge in [-0.3, -0.25) is 4.79 Å². The minimum absolute atomic E-state index is 0.126. The van der Waals surface area contributed by atoms with E-state index in [9.17, 15) is 4.79 Å². The summed E-state index contributed by atoms with van der Waals surface area (Å²) >= 11 is 7.73. The molecule has 1 fully saturated rings. The molecular formula is C9H16ClNOS. The Hall–Kier alpha value is 0.110. The van der Waals surface area contributed by atoms with Crippen molar-refractivity contribution in [3.05, 3.63) is 0 Å². The van der Waals surface area contributed by atoms with E-state index >= 15 is 0 Å². The number of nitrogens with one attached hydrogen (secondary N) is 1. The molecule has 76 valence electrons. The Morgan fingerprint density at radius 3 is 2.92 bits per heavy atom. The molecule has 1 unspecified atom stereocenters. The highest BCUT2D eigenvalue weighted by atomic mass is 35.5. The Bertz CT molecular complexity index is 173. The van der Waals surface area contributed by atoms with Gasteiger partial charge < -0.3 is 5.32 Å². The van der Waals surface area contributed by atoms with Gasteiger partial charge in [0.25, 0.3) is 0 Å². The zero-order valence-corrected chi connectivity index (χ0v) is 9.46. The number of carbonyl (C=O) groups is 1. The summed E-state index contributed by atoms with van der Waals surface area (Å²) in [5.74, 6) is 1.67. The van der Waals surface area contributed by atoms with E-state index in [2.05, 4.69) is 5.32 Å². The van der Waals surface area contributed by atoms with Crippen molar-refractivity contribution >= 4 is 29.3 Å². The number of carbonyl (C=O) groups excluding carboxylic acids is 1. The fourth-order valence-electron chi connectivity index (χ4n) is 1.12. The average Bonchev–Trinajstić information content (AvgIpc) is 2.93. The second-order valence-electron chi connectivity index (χ2n) is 3.40. The molecule has 0 aromatic carbocycles. The molecule has 0 heterocycles. The van der Waals surface area contributed by atoms with Crippen LogP contribution in [0.25, 0.3) is 0 Å². The minimum Gasteiger partial charge on any atom is -0.355 e. The summed E-state index contributed by atoms with van der Waals surface area (Å²) in [6.45, 7) is 0.638. The molecule has 1 aliphatic rings. The molecular weight excluding hydrogens is 206 g/mol. The highest BCUT2D eigenvalue weighted by Gasteiger charge is 2.29. The van der Waals surface area contributed by atoms with Crippen molar-refractivity contribution in [1.82, 2.24) is 5.32 Å². The number of hydrogen-bond donors (Lipinski definition) is 1. The number of thioether (sulfide) groups is 1. The fraction of sp³-hybridized carbons (Fsp3) is 0.889. The van der Waals surface area contributed by atoms with Gasteiger partial charge in [0.05, 0.1) is 5.38 Å². The van der Waals surface area contributed by atoms with E-state index in [1.165, 1.54) is 12.8 Å². The number of hydrogen-bond acceptors (Lipinski definition) is 2. The van der Waals surface area contributed by atoms with E-state index in [0.717, 1.165) is 5.75 Å². The van der Waals surface area contributed by atoms with Crippen molar-refractivity contribution in [2.24, 2.45) is 5.92 Å². The molecule has 1 rings (SSSR count). The normalized spacial score (nSPS) is 18.3. The predicted molar refractivity (Wildman–Crippen MR) is 58.4 cm³/mol. The minimum atomic E-state index is 0.126. The summed E-state index contributed by atoms with van der Waals surface area (Å²) in [7, 11) is 0. The average molecular weight is 222 g/mol. The molecule has 1 amide bonds. The van der Waals surface area contributed by atoms with Gasteiger partial charge in [-0.25, -0.2) is 0 Å². The van der Waals surface area contributed by atoms with E-state index in [-0.39, 0.29) is 11.3 Å². The second kappa shape index (κ2) is 5.76. The van der Waals surface area contributed by atoms with Gasteiger partial charge in [0.1, 0.15) is 0 Å². The molecule has 1 atom stereocenters. The van der Waals surface area contributed by atoms with Crippen LogP contribution in [-0.2, 0) is 4.79 Å². The summed E-state index contributed by atoms with van der Waals surface area (Å²) in [5.41, 5.74) is 0. The summed E-state index contributed by atoms with van der Waals surface area (Å²) in [5, 5.41) is 3.01. The Morgan fingerprint density at radius 2 is 2.38 bits per heavy atom.